The topological polar surface area (TPSA) is 78.8 Å². The second kappa shape index (κ2) is 8.67. The van der Waals surface area contributed by atoms with Crippen LogP contribution < -0.4 is 5.32 Å². The van der Waals surface area contributed by atoms with Gasteiger partial charge >= 0.3 is 6.03 Å². The van der Waals surface area contributed by atoms with Gasteiger partial charge in [0.2, 0.25) is 0 Å². The Bertz CT molecular complexity index is 730. The van der Waals surface area contributed by atoms with E-state index in [1.807, 2.05) is 49.1 Å². The summed E-state index contributed by atoms with van der Waals surface area (Å²) in [7, 11) is 0. The number of likely N-dealkylation sites (tertiary alicyclic amines) is 1. The number of benzene rings is 1. The number of piperidine rings is 1. The molecule has 150 valence electrons. The molecule has 0 spiro atoms. The molecule has 0 atom stereocenters. The fourth-order valence-electron chi connectivity index (χ4n) is 3.93. The van der Waals surface area contributed by atoms with Crippen LogP contribution in [0, 0.1) is 17.3 Å². The number of anilines is 1. The first-order valence-electron chi connectivity index (χ1n) is 10.0. The van der Waals surface area contributed by atoms with E-state index >= 15 is 0 Å². The smallest absolute Gasteiger partial charge is 0.321 e. The molecule has 1 aromatic carbocycles. The first kappa shape index (κ1) is 20.2. The lowest BCUT2D eigenvalue weighted by Gasteiger charge is -2.32. The van der Waals surface area contributed by atoms with E-state index in [9.17, 15) is 14.4 Å². The number of nitrogens with zero attached hydrogens (tertiary/aromatic N) is 2. The highest BCUT2D eigenvalue weighted by Crippen LogP contribution is 2.33. The molecule has 6 heteroatoms. The molecular formula is C22H29N3O3. The Morgan fingerprint density at radius 1 is 1.14 bits per heavy atom. The summed E-state index contributed by atoms with van der Waals surface area (Å²) in [5, 5.41) is 2.91. The maximum Gasteiger partial charge on any atom is 0.321 e. The second-order valence-electron chi connectivity index (χ2n) is 8.67. The van der Waals surface area contributed by atoms with E-state index in [4.69, 9.17) is 0 Å². The molecular weight excluding hydrogens is 354 g/mol. The summed E-state index contributed by atoms with van der Waals surface area (Å²) in [6.07, 6.45) is 4.18. The first-order chi connectivity index (χ1) is 13.3. The van der Waals surface area contributed by atoms with Gasteiger partial charge in [0.1, 0.15) is 17.5 Å². The number of ketones is 2. The standard InChI is InChI=1S/C22H29N3O3/c1-22(2)12-19(26)18(20(27)13-22)15-23-14-16-8-10-25(11-9-16)21(28)24-17-6-4-3-5-7-17/h3-7,15-16,18H,8-14H2,1-2H3,(H,24,28). The average molecular weight is 383 g/mol. The molecule has 1 aliphatic carbocycles. The van der Waals surface area contributed by atoms with Crippen LogP contribution in [-0.4, -0.2) is 48.3 Å². The van der Waals surface area contributed by atoms with Gasteiger partial charge in [-0.15, -0.1) is 0 Å². The minimum Gasteiger partial charge on any atom is -0.325 e. The SMILES string of the molecule is CC1(C)CC(=O)C(C=NCC2CCN(C(=O)Nc3ccccc3)CC2)C(=O)C1. The van der Waals surface area contributed by atoms with Crippen LogP contribution in [0.1, 0.15) is 39.5 Å². The zero-order valence-corrected chi connectivity index (χ0v) is 16.7. The molecule has 0 radical (unpaired) electrons. The van der Waals surface area contributed by atoms with Gasteiger partial charge < -0.3 is 10.2 Å². The van der Waals surface area contributed by atoms with E-state index in [0.29, 0.717) is 38.4 Å². The van der Waals surface area contributed by atoms with Gasteiger partial charge in [-0.1, -0.05) is 32.0 Å². The van der Waals surface area contributed by atoms with Gasteiger partial charge in [-0.05, 0) is 36.3 Å². The average Bonchev–Trinajstić information content (AvgIpc) is 2.64. The number of hydrogen-bond acceptors (Lipinski definition) is 4. The molecule has 1 aromatic rings. The number of nitrogens with one attached hydrogen (secondary N) is 1. The second-order valence-corrected chi connectivity index (χ2v) is 8.67. The van der Waals surface area contributed by atoms with Gasteiger partial charge in [-0.3, -0.25) is 14.6 Å². The zero-order valence-electron chi connectivity index (χ0n) is 16.7. The monoisotopic (exact) mass is 383 g/mol. The Hall–Kier alpha value is -2.50. The first-order valence-corrected chi connectivity index (χ1v) is 10.0. The maximum absolute atomic E-state index is 12.3. The van der Waals surface area contributed by atoms with Crippen LogP contribution in [0.3, 0.4) is 0 Å². The number of rotatable bonds is 4. The Balaban J connectivity index is 1.43. The van der Waals surface area contributed by atoms with Crippen molar-refractivity contribution < 1.29 is 14.4 Å². The van der Waals surface area contributed by atoms with Gasteiger partial charge in [-0.25, -0.2) is 4.79 Å². The van der Waals surface area contributed by atoms with Crippen LogP contribution in [0.4, 0.5) is 10.5 Å². The lowest BCUT2D eigenvalue weighted by molar-refractivity contribution is -0.136. The van der Waals surface area contributed by atoms with Crippen molar-refractivity contribution in [3.63, 3.8) is 0 Å². The van der Waals surface area contributed by atoms with Crippen LogP contribution in [0.2, 0.25) is 0 Å². The molecule has 0 bridgehead atoms. The summed E-state index contributed by atoms with van der Waals surface area (Å²) in [6, 6.07) is 9.36. The fraction of sp³-hybridized carbons (Fsp3) is 0.545. The summed E-state index contributed by atoms with van der Waals surface area (Å²) in [6.45, 7) is 5.90. The van der Waals surface area contributed by atoms with Crippen molar-refractivity contribution in [1.82, 2.24) is 4.90 Å². The Morgan fingerprint density at radius 3 is 2.36 bits per heavy atom. The van der Waals surface area contributed by atoms with Crippen molar-refractivity contribution in [2.75, 3.05) is 25.0 Å². The minimum absolute atomic E-state index is 0.0163. The highest BCUT2D eigenvalue weighted by molar-refractivity contribution is 6.16. The molecule has 1 saturated heterocycles. The van der Waals surface area contributed by atoms with Crippen molar-refractivity contribution in [3.05, 3.63) is 30.3 Å². The Morgan fingerprint density at radius 2 is 1.75 bits per heavy atom. The highest BCUT2D eigenvalue weighted by atomic mass is 16.2. The van der Waals surface area contributed by atoms with E-state index in [0.717, 1.165) is 18.5 Å². The number of hydrogen-bond donors (Lipinski definition) is 1. The summed E-state index contributed by atoms with van der Waals surface area (Å²) in [5.41, 5.74) is 0.565. The number of para-hydroxylation sites is 1. The number of Topliss-reactive ketones (excluding diaryl/α,β-unsaturated/α-hetero) is 2. The third-order valence-electron chi connectivity index (χ3n) is 5.54. The van der Waals surface area contributed by atoms with Crippen molar-refractivity contribution in [3.8, 4) is 0 Å². The molecule has 2 aliphatic rings. The number of carbonyl (C=O) groups excluding carboxylic acids is 3. The lowest BCUT2D eigenvalue weighted by atomic mass is 9.72. The quantitative estimate of drug-likeness (QED) is 0.638. The number of carbonyl (C=O) groups is 3. The molecule has 1 aliphatic heterocycles. The fourth-order valence-corrected chi connectivity index (χ4v) is 3.93. The van der Waals surface area contributed by atoms with Crippen LogP contribution in [-0.2, 0) is 9.59 Å². The molecule has 6 nitrogen and oxygen atoms in total. The zero-order chi connectivity index (χ0) is 20.1. The summed E-state index contributed by atoms with van der Waals surface area (Å²) in [4.78, 5) is 43.0. The van der Waals surface area contributed by atoms with E-state index in [1.165, 1.54) is 0 Å². The predicted octanol–water partition coefficient (Wildman–Crippen LogP) is 3.58. The van der Waals surface area contributed by atoms with E-state index in [1.54, 1.807) is 6.21 Å². The highest BCUT2D eigenvalue weighted by Gasteiger charge is 2.38. The third kappa shape index (κ3) is 5.27. The molecule has 28 heavy (non-hydrogen) atoms. The third-order valence-corrected chi connectivity index (χ3v) is 5.54. The maximum atomic E-state index is 12.3. The summed E-state index contributed by atoms with van der Waals surface area (Å²) < 4.78 is 0. The number of aliphatic imine (C=N–C) groups is 1. The Kier molecular flexibility index (Phi) is 6.27. The largest absolute Gasteiger partial charge is 0.325 e. The van der Waals surface area contributed by atoms with E-state index in [2.05, 4.69) is 10.3 Å². The summed E-state index contributed by atoms with van der Waals surface area (Å²) >= 11 is 0. The van der Waals surface area contributed by atoms with Gasteiger partial charge in [0.15, 0.2) is 0 Å². The molecule has 0 unspecified atom stereocenters. The molecule has 0 aromatic heterocycles. The van der Waals surface area contributed by atoms with Crippen molar-refractivity contribution in [2.45, 2.75) is 39.5 Å². The van der Waals surface area contributed by atoms with Crippen molar-refractivity contribution in [2.24, 2.45) is 22.2 Å². The minimum atomic E-state index is -0.662. The van der Waals surface area contributed by atoms with Gasteiger partial charge in [-0.2, -0.15) is 0 Å². The van der Waals surface area contributed by atoms with Gasteiger partial charge in [0, 0.05) is 44.4 Å². The van der Waals surface area contributed by atoms with Crippen LogP contribution >= 0.6 is 0 Å². The molecule has 1 saturated carbocycles. The van der Waals surface area contributed by atoms with Gasteiger partial charge in [0.05, 0.1) is 0 Å². The van der Waals surface area contributed by atoms with Crippen LogP contribution in [0.5, 0.6) is 0 Å². The lowest BCUT2D eigenvalue weighted by Crippen LogP contribution is -2.41. The molecule has 3 rings (SSSR count). The molecule has 2 fully saturated rings. The number of urea groups is 1. The Labute approximate surface area is 166 Å². The van der Waals surface area contributed by atoms with Gasteiger partial charge in [0.25, 0.3) is 0 Å². The van der Waals surface area contributed by atoms with E-state index in [-0.39, 0.29) is 23.0 Å². The predicted molar refractivity (Wildman–Crippen MR) is 110 cm³/mol. The number of amides is 2. The normalized spacial score (nSPS) is 21.3. The van der Waals surface area contributed by atoms with E-state index < -0.39 is 5.92 Å². The van der Waals surface area contributed by atoms with Crippen LogP contribution in [0.15, 0.2) is 35.3 Å². The van der Waals surface area contributed by atoms with Crippen molar-refractivity contribution in [1.29, 1.82) is 0 Å². The van der Waals surface area contributed by atoms with Crippen molar-refractivity contribution >= 4 is 29.5 Å². The molecule has 1 heterocycles. The molecule has 1 N–H and O–H groups in total. The molecule has 2 amide bonds. The van der Waals surface area contributed by atoms with Crippen LogP contribution in [0.25, 0.3) is 0 Å². The summed E-state index contributed by atoms with van der Waals surface area (Å²) in [5.74, 6) is -0.318.